The lowest BCUT2D eigenvalue weighted by Gasteiger charge is -2.08. The summed E-state index contributed by atoms with van der Waals surface area (Å²) in [4.78, 5) is 16.4. The summed E-state index contributed by atoms with van der Waals surface area (Å²) in [6.07, 6.45) is 1.59. The summed E-state index contributed by atoms with van der Waals surface area (Å²) in [5.41, 5.74) is 0. The first kappa shape index (κ1) is 14.6. The zero-order valence-electron chi connectivity index (χ0n) is 10.8. The van der Waals surface area contributed by atoms with Crippen LogP contribution in [0.1, 0.15) is 9.67 Å². The molecule has 0 radical (unpaired) electrons. The van der Waals surface area contributed by atoms with Crippen LogP contribution in [0.3, 0.4) is 0 Å². The van der Waals surface area contributed by atoms with Gasteiger partial charge in [0.15, 0.2) is 0 Å². The van der Waals surface area contributed by atoms with Crippen molar-refractivity contribution in [2.24, 2.45) is 0 Å². The fourth-order valence-corrected chi connectivity index (χ4v) is 2.44. The molecular formula is C13H13ClN2O3S. The summed E-state index contributed by atoms with van der Waals surface area (Å²) in [5, 5.41) is 4.99. The minimum atomic E-state index is -0.187. The Bertz CT molecular complexity index is 589. The molecule has 0 atom stereocenters. The number of nitrogens with one attached hydrogen (secondary N) is 1. The maximum atomic E-state index is 11.9. The Kier molecular flexibility index (Phi) is 5.20. The number of aromatic nitrogens is 1. The van der Waals surface area contributed by atoms with Gasteiger partial charge in [0.2, 0.25) is 5.88 Å². The van der Waals surface area contributed by atoms with Crippen molar-refractivity contribution in [1.82, 2.24) is 10.3 Å². The van der Waals surface area contributed by atoms with E-state index < -0.39 is 0 Å². The molecule has 2 heterocycles. The summed E-state index contributed by atoms with van der Waals surface area (Å²) in [6.45, 7) is 0.642. The quantitative estimate of drug-likeness (QED) is 0.833. The molecule has 1 amide bonds. The van der Waals surface area contributed by atoms with Crippen LogP contribution in [0.25, 0.3) is 0 Å². The Hall–Kier alpha value is -1.79. The summed E-state index contributed by atoms with van der Waals surface area (Å²) < 4.78 is 10.5. The van der Waals surface area contributed by atoms with Crippen LogP contribution in [0, 0.1) is 0 Å². The molecule has 106 valence electrons. The highest BCUT2D eigenvalue weighted by Gasteiger charge is 2.13. The van der Waals surface area contributed by atoms with Gasteiger partial charge in [-0.2, -0.15) is 0 Å². The highest BCUT2D eigenvalue weighted by Crippen LogP contribution is 2.24. The summed E-state index contributed by atoms with van der Waals surface area (Å²) in [5.74, 6) is 0.742. The Balaban J connectivity index is 1.79. The van der Waals surface area contributed by atoms with E-state index in [1.165, 1.54) is 18.4 Å². The van der Waals surface area contributed by atoms with E-state index in [4.69, 9.17) is 21.1 Å². The molecule has 0 aliphatic carbocycles. The minimum Gasteiger partial charge on any atom is -0.495 e. The molecule has 2 rings (SSSR count). The van der Waals surface area contributed by atoms with Gasteiger partial charge in [0.25, 0.3) is 5.91 Å². The molecule has 0 fully saturated rings. The van der Waals surface area contributed by atoms with Crippen molar-refractivity contribution < 1.29 is 14.3 Å². The zero-order valence-corrected chi connectivity index (χ0v) is 12.3. The van der Waals surface area contributed by atoms with Crippen LogP contribution < -0.4 is 14.8 Å². The van der Waals surface area contributed by atoms with Crippen LogP contribution in [-0.4, -0.2) is 31.2 Å². The van der Waals surface area contributed by atoms with E-state index in [0.717, 1.165) is 0 Å². The molecule has 0 aliphatic rings. The van der Waals surface area contributed by atoms with Crippen molar-refractivity contribution in [2.75, 3.05) is 20.3 Å². The van der Waals surface area contributed by atoms with Gasteiger partial charge in [-0.1, -0.05) is 11.6 Å². The van der Waals surface area contributed by atoms with E-state index in [0.29, 0.717) is 28.1 Å². The number of nitrogens with zero attached hydrogens (tertiary/aromatic N) is 1. The molecule has 0 aliphatic heterocycles. The van der Waals surface area contributed by atoms with Crippen molar-refractivity contribution in [3.8, 4) is 11.6 Å². The Morgan fingerprint density at radius 1 is 1.50 bits per heavy atom. The number of hydrogen-bond donors (Lipinski definition) is 1. The van der Waals surface area contributed by atoms with E-state index in [9.17, 15) is 4.79 Å². The lowest BCUT2D eigenvalue weighted by molar-refractivity contribution is 0.0948. The predicted octanol–water partition coefficient (Wildman–Crippen LogP) is 2.61. The third-order valence-electron chi connectivity index (χ3n) is 2.41. The largest absolute Gasteiger partial charge is 0.495 e. The van der Waals surface area contributed by atoms with Gasteiger partial charge in [-0.05, 0) is 23.6 Å². The lowest BCUT2D eigenvalue weighted by atomic mass is 10.4. The fourth-order valence-electron chi connectivity index (χ4n) is 1.49. The van der Waals surface area contributed by atoms with Gasteiger partial charge >= 0.3 is 0 Å². The number of halogens is 1. The van der Waals surface area contributed by atoms with Crippen LogP contribution in [0.5, 0.6) is 11.6 Å². The number of methoxy groups -OCH3 is 1. The van der Waals surface area contributed by atoms with Crippen molar-refractivity contribution in [3.63, 3.8) is 0 Å². The predicted molar refractivity (Wildman–Crippen MR) is 77.9 cm³/mol. The summed E-state index contributed by atoms with van der Waals surface area (Å²) in [6, 6.07) is 5.17. The molecule has 0 saturated heterocycles. The smallest absolute Gasteiger partial charge is 0.265 e. The number of amides is 1. The van der Waals surface area contributed by atoms with Crippen molar-refractivity contribution in [3.05, 3.63) is 39.7 Å². The van der Waals surface area contributed by atoms with Crippen LogP contribution in [0.15, 0.2) is 29.8 Å². The summed E-state index contributed by atoms with van der Waals surface area (Å²) in [7, 11) is 1.53. The number of rotatable bonds is 6. The number of carbonyl (C=O) groups excluding carboxylic acids is 1. The number of ether oxygens (including phenoxy) is 2. The first-order valence-electron chi connectivity index (χ1n) is 5.85. The van der Waals surface area contributed by atoms with Gasteiger partial charge in [0.1, 0.15) is 22.3 Å². The molecule has 0 bridgehead atoms. The van der Waals surface area contributed by atoms with Crippen molar-refractivity contribution >= 4 is 28.8 Å². The molecule has 0 unspecified atom stereocenters. The van der Waals surface area contributed by atoms with Crippen LogP contribution in [0.4, 0.5) is 0 Å². The number of hydrogen-bond acceptors (Lipinski definition) is 5. The van der Waals surface area contributed by atoms with E-state index in [1.54, 1.807) is 29.8 Å². The monoisotopic (exact) mass is 312 g/mol. The Labute approximate surface area is 125 Å². The van der Waals surface area contributed by atoms with Gasteiger partial charge < -0.3 is 14.8 Å². The molecule has 0 spiro atoms. The maximum Gasteiger partial charge on any atom is 0.265 e. The van der Waals surface area contributed by atoms with E-state index >= 15 is 0 Å². The second kappa shape index (κ2) is 7.12. The Morgan fingerprint density at radius 2 is 2.35 bits per heavy atom. The average Bonchev–Trinajstić information content (AvgIpc) is 2.93. The fraction of sp³-hybridized carbons (Fsp3) is 0.231. The summed E-state index contributed by atoms with van der Waals surface area (Å²) >= 11 is 7.22. The van der Waals surface area contributed by atoms with Crippen LogP contribution in [-0.2, 0) is 0 Å². The van der Waals surface area contributed by atoms with E-state index in [-0.39, 0.29) is 12.5 Å². The SMILES string of the molecule is COc1ccsc1C(=O)NCCOc1ncccc1Cl. The average molecular weight is 313 g/mol. The third kappa shape index (κ3) is 3.61. The van der Waals surface area contributed by atoms with Crippen LogP contribution in [0.2, 0.25) is 5.02 Å². The number of carbonyl (C=O) groups is 1. The molecule has 20 heavy (non-hydrogen) atoms. The first-order valence-corrected chi connectivity index (χ1v) is 7.11. The van der Waals surface area contributed by atoms with Gasteiger partial charge in [-0.3, -0.25) is 4.79 Å². The minimum absolute atomic E-state index is 0.187. The first-order chi connectivity index (χ1) is 9.72. The Morgan fingerprint density at radius 3 is 3.10 bits per heavy atom. The molecule has 2 aromatic rings. The number of thiophene rings is 1. The maximum absolute atomic E-state index is 11.9. The molecule has 0 saturated carbocycles. The second-order valence-electron chi connectivity index (χ2n) is 3.71. The van der Waals surface area contributed by atoms with Crippen LogP contribution >= 0.6 is 22.9 Å². The van der Waals surface area contributed by atoms with Gasteiger partial charge in [0, 0.05) is 6.20 Å². The lowest BCUT2D eigenvalue weighted by Crippen LogP contribution is -2.27. The highest BCUT2D eigenvalue weighted by molar-refractivity contribution is 7.12. The topological polar surface area (TPSA) is 60.5 Å². The highest BCUT2D eigenvalue weighted by atomic mass is 35.5. The molecule has 7 heteroatoms. The zero-order chi connectivity index (χ0) is 14.4. The van der Waals surface area contributed by atoms with E-state index in [1.807, 2.05) is 0 Å². The molecule has 0 aromatic carbocycles. The van der Waals surface area contributed by atoms with E-state index in [2.05, 4.69) is 10.3 Å². The second-order valence-corrected chi connectivity index (χ2v) is 5.04. The van der Waals surface area contributed by atoms with Crippen molar-refractivity contribution in [2.45, 2.75) is 0 Å². The normalized spacial score (nSPS) is 10.1. The molecular weight excluding hydrogens is 300 g/mol. The number of pyridine rings is 1. The molecule has 1 N–H and O–H groups in total. The van der Waals surface area contributed by atoms with Gasteiger partial charge in [0.05, 0.1) is 13.7 Å². The standard InChI is InChI=1S/C13H13ClN2O3S/c1-18-10-4-8-20-11(10)12(17)15-6-7-19-13-9(14)3-2-5-16-13/h2-5,8H,6-7H2,1H3,(H,15,17). The molecule has 2 aromatic heterocycles. The third-order valence-corrected chi connectivity index (χ3v) is 3.59. The van der Waals surface area contributed by atoms with Gasteiger partial charge in [-0.15, -0.1) is 11.3 Å². The van der Waals surface area contributed by atoms with Crippen molar-refractivity contribution in [1.29, 1.82) is 0 Å². The van der Waals surface area contributed by atoms with Gasteiger partial charge in [-0.25, -0.2) is 4.98 Å². The molecule has 5 nitrogen and oxygen atoms in total.